The fourth-order valence-electron chi connectivity index (χ4n) is 0. The molecule has 0 aliphatic heterocycles. The molecule has 0 aromatic rings. The zero-order chi connectivity index (χ0) is 3.58. The van der Waals surface area contributed by atoms with Crippen LogP contribution in [-0.2, 0) is 16.3 Å². The van der Waals surface area contributed by atoms with E-state index in [4.69, 9.17) is 4.79 Å². The Hall–Kier alpha value is 0.492. The van der Waals surface area contributed by atoms with E-state index in [-0.39, 0.29) is 0 Å². The third kappa shape index (κ3) is 22.9. The van der Waals surface area contributed by atoms with Crippen LogP contribution in [0, 0.1) is 0 Å². The van der Waals surface area contributed by atoms with Gasteiger partial charge in [-0.05, 0) is 0 Å². The van der Waals surface area contributed by atoms with Crippen LogP contribution < -0.4 is 0 Å². The SMILES string of the molecule is O=[C](Cl)[Cr]. The Balaban J connectivity index is 2.80. The molecule has 0 aliphatic carbocycles. The summed E-state index contributed by atoms with van der Waals surface area (Å²) in [7, 11) is 0. The molecule has 3 heteroatoms. The van der Waals surface area contributed by atoms with Crippen LogP contribution in [0.1, 0.15) is 0 Å². The van der Waals surface area contributed by atoms with E-state index < -0.39 is 4.10 Å². The summed E-state index contributed by atoms with van der Waals surface area (Å²) in [5, 5.41) is 0. The molecule has 0 N–H and O–H groups in total. The van der Waals surface area contributed by atoms with Crippen molar-refractivity contribution in [3.8, 4) is 0 Å². The molecule has 23 valence electrons. The summed E-state index contributed by atoms with van der Waals surface area (Å²) in [6.45, 7) is 0. The molecule has 0 unspecified atom stereocenters. The predicted octanol–water partition coefficient (Wildman–Crippen LogP) is 0.892. The van der Waals surface area contributed by atoms with Gasteiger partial charge in [0, 0.05) is 0 Å². The first-order chi connectivity index (χ1) is 1.73. The van der Waals surface area contributed by atoms with Crippen molar-refractivity contribution < 1.29 is 21.1 Å². The van der Waals surface area contributed by atoms with Crippen molar-refractivity contribution >= 4 is 15.7 Å². The second-order valence-corrected chi connectivity index (χ2v) is 1.53. The Morgan fingerprint density at radius 2 is 2.00 bits per heavy atom. The molecule has 4 heavy (non-hydrogen) atoms. The molecular weight excluding hydrogens is 115 g/mol. The summed E-state index contributed by atoms with van der Waals surface area (Å²) in [6.07, 6.45) is 0. The molecule has 1 nitrogen and oxygen atoms in total. The molecule has 0 bridgehead atoms. The predicted molar refractivity (Wildman–Crippen MR) is 11.2 cm³/mol. The molecule has 0 rings (SSSR count). The van der Waals surface area contributed by atoms with E-state index in [9.17, 15) is 0 Å². The van der Waals surface area contributed by atoms with E-state index in [1.807, 2.05) is 16.3 Å². The fraction of sp³-hybridized carbons (Fsp3) is 0. The Kier molecular flexibility index (Phi) is 2.00. The summed E-state index contributed by atoms with van der Waals surface area (Å²) in [5.74, 6) is 0. The van der Waals surface area contributed by atoms with Crippen molar-refractivity contribution in [2.45, 2.75) is 0 Å². The Bertz CT molecular complexity index is 31.0. The normalized spacial score (nSPS) is 6.25. The van der Waals surface area contributed by atoms with Crippen molar-refractivity contribution in [1.82, 2.24) is 0 Å². The van der Waals surface area contributed by atoms with Crippen LogP contribution in [0.5, 0.6) is 0 Å². The summed E-state index contributed by atoms with van der Waals surface area (Å²) in [4.78, 5) is 9.15. The Morgan fingerprint density at radius 3 is 2.00 bits per heavy atom. The molecule has 0 aliphatic rings. The molecule has 0 saturated carbocycles. The molecule has 0 saturated heterocycles. The molecule has 0 spiro atoms. The zero-order valence-electron chi connectivity index (χ0n) is 1.69. The van der Waals surface area contributed by atoms with Gasteiger partial charge < -0.3 is 0 Å². The maximum absolute atomic E-state index is 9.15. The van der Waals surface area contributed by atoms with Gasteiger partial charge in [-0.25, -0.2) is 0 Å². The molecular formula is CClCrO. The number of hydrogen-bond acceptors (Lipinski definition) is 1. The van der Waals surface area contributed by atoms with Crippen molar-refractivity contribution in [2.24, 2.45) is 0 Å². The first-order valence-electron chi connectivity index (χ1n) is 0.597. The van der Waals surface area contributed by atoms with Crippen LogP contribution in [0.25, 0.3) is 0 Å². The van der Waals surface area contributed by atoms with E-state index in [1.54, 1.807) is 0 Å². The fourth-order valence-corrected chi connectivity index (χ4v) is 0. The standard InChI is InChI=1S/CClO.Cr/c2-1-3;. The van der Waals surface area contributed by atoms with Crippen LogP contribution in [-0.4, -0.2) is 4.10 Å². The number of hydrogen-bond donors (Lipinski definition) is 0. The second-order valence-electron chi connectivity index (χ2n) is 0.238. The van der Waals surface area contributed by atoms with Gasteiger partial charge in [-0.15, -0.1) is 0 Å². The molecule has 0 amide bonds. The third-order valence-corrected chi connectivity index (χ3v) is 0. The summed E-state index contributed by atoms with van der Waals surface area (Å²) in [6, 6.07) is 0. The van der Waals surface area contributed by atoms with E-state index >= 15 is 0 Å². The van der Waals surface area contributed by atoms with Gasteiger partial charge in [0.25, 0.3) is 0 Å². The van der Waals surface area contributed by atoms with Crippen molar-refractivity contribution in [3.05, 3.63) is 0 Å². The van der Waals surface area contributed by atoms with Gasteiger partial charge in [0.2, 0.25) is 0 Å². The average Bonchev–Trinajstić information content (AvgIpc) is 0.811. The first kappa shape index (κ1) is 4.49. The Morgan fingerprint density at radius 1 is 2.00 bits per heavy atom. The third-order valence-electron chi connectivity index (χ3n) is 0. The van der Waals surface area contributed by atoms with E-state index in [0.29, 0.717) is 0 Å². The monoisotopic (exact) mass is 115 g/mol. The molecule has 0 heterocycles. The minimum absolute atomic E-state index is 0.486. The van der Waals surface area contributed by atoms with Gasteiger partial charge in [-0.3, -0.25) is 0 Å². The molecule has 0 atom stereocenters. The van der Waals surface area contributed by atoms with Crippen molar-refractivity contribution in [3.63, 3.8) is 0 Å². The minimum atomic E-state index is -0.486. The quantitative estimate of drug-likeness (QED) is 0.429. The van der Waals surface area contributed by atoms with E-state index in [0.717, 1.165) is 0 Å². The number of carbonyl (C=O) groups excluding carboxylic acids is 1. The molecule has 0 fully saturated rings. The van der Waals surface area contributed by atoms with Gasteiger partial charge in [0.1, 0.15) is 0 Å². The maximum atomic E-state index is 9.15. The number of halogens is 1. The van der Waals surface area contributed by atoms with Crippen molar-refractivity contribution in [2.75, 3.05) is 0 Å². The molecule has 0 radical (unpaired) electrons. The average molecular weight is 115 g/mol. The van der Waals surface area contributed by atoms with Gasteiger partial charge in [-0.2, -0.15) is 0 Å². The van der Waals surface area contributed by atoms with Gasteiger partial charge in [0.15, 0.2) is 0 Å². The van der Waals surface area contributed by atoms with Crippen LogP contribution >= 0.6 is 11.6 Å². The number of carbonyl (C=O) groups is 1. The summed E-state index contributed by atoms with van der Waals surface area (Å²) < 4.78 is -0.486. The van der Waals surface area contributed by atoms with Gasteiger partial charge >= 0.3 is 36.8 Å². The molecule has 0 aromatic carbocycles. The van der Waals surface area contributed by atoms with Crippen LogP contribution in [0.15, 0.2) is 0 Å². The van der Waals surface area contributed by atoms with E-state index in [1.165, 1.54) is 0 Å². The first-order valence-corrected chi connectivity index (χ1v) is 1.61. The molecule has 0 aromatic heterocycles. The summed E-state index contributed by atoms with van der Waals surface area (Å²) in [5.41, 5.74) is 0. The van der Waals surface area contributed by atoms with Gasteiger partial charge in [-0.1, -0.05) is 0 Å². The second kappa shape index (κ2) is 1.78. The van der Waals surface area contributed by atoms with E-state index in [2.05, 4.69) is 11.6 Å². The van der Waals surface area contributed by atoms with Crippen molar-refractivity contribution in [1.29, 1.82) is 0 Å². The van der Waals surface area contributed by atoms with Crippen LogP contribution in [0.4, 0.5) is 4.79 Å². The number of rotatable bonds is 0. The van der Waals surface area contributed by atoms with Crippen LogP contribution in [0.2, 0.25) is 0 Å². The Labute approximate surface area is 37.4 Å². The summed E-state index contributed by atoms with van der Waals surface area (Å²) >= 11 is 6.61. The topological polar surface area (TPSA) is 17.1 Å². The van der Waals surface area contributed by atoms with Crippen LogP contribution in [0.3, 0.4) is 0 Å². The zero-order valence-corrected chi connectivity index (χ0v) is 3.73. The van der Waals surface area contributed by atoms with Gasteiger partial charge in [0.05, 0.1) is 0 Å².